The lowest BCUT2D eigenvalue weighted by atomic mass is 9.96. The van der Waals surface area contributed by atoms with E-state index in [2.05, 4.69) is 33.0 Å². The first kappa shape index (κ1) is 13.9. The van der Waals surface area contributed by atoms with E-state index in [0.717, 1.165) is 19.4 Å². The van der Waals surface area contributed by atoms with Gasteiger partial charge in [0.1, 0.15) is 0 Å². The van der Waals surface area contributed by atoms with Gasteiger partial charge in [-0.25, -0.2) is 0 Å². The number of hydrogen-bond acceptors (Lipinski definition) is 2. The van der Waals surface area contributed by atoms with Crippen molar-refractivity contribution in [3.63, 3.8) is 0 Å². The van der Waals surface area contributed by atoms with Crippen LogP contribution < -0.4 is 5.32 Å². The third-order valence-corrected chi connectivity index (χ3v) is 2.99. The van der Waals surface area contributed by atoms with Gasteiger partial charge in [-0.3, -0.25) is 0 Å². The average molecular weight is 201 g/mol. The molecule has 0 aliphatic heterocycles. The van der Waals surface area contributed by atoms with Crippen LogP contribution in [0.2, 0.25) is 0 Å². The minimum absolute atomic E-state index is 0.177. The molecule has 2 unspecified atom stereocenters. The second-order valence-electron chi connectivity index (χ2n) is 4.24. The minimum atomic E-state index is -0.177. The first-order valence-electron chi connectivity index (χ1n) is 6.07. The average Bonchev–Trinajstić information content (AvgIpc) is 2.17. The van der Waals surface area contributed by atoms with Crippen molar-refractivity contribution in [3.05, 3.63) is 0 Å². The summed E-state index contributed by atoms with van der Waals surface area (Å²) in [6.07, 6.45) is 4.36. The third-order valence-electron chi connectivity index (χ3n) is 2.99. The normalized spacial score (nSPS) is 15.9. The molecule has 0 aromatic carbocycles. The first-order valence-corrected chi connectivity index (χ1v) is 6.07. The van der Waals surface area contributed by atoms with Gasteiger partial charge in [-0.15, -0.1) is 0 Å². The van der Waals surface area contributed by atoms with Crippen molar-refractivity contribution in [1.82, 2.24) is 5.32 Å². The van der Waals surface area contributed by atoms with Crippen molar-refractivity contribution in [2.45, 2.75) is 65.5 Å². The maximum absolute atomic E-state index is 9.86. The lowest BCUT2D eigenvalue weighted by molar-refractivity contribution is 0.0985. The summed E-state index contributed by atoms with van der Waals surface area (Å²) in [6.45, 7) is 9.41. The fraction of sp³-hybridized carbons (Fsp3) is 1.00. The molecule has 14 heavy (non-hydrogen) atoms. The molecule has 0 bridgehead atoms. The predicted molar refractivity (Wildman–Crippen MR) is 62.5 cm³/mol. The fourth-order valence-corrected chi connectivity index (χ4v) is 1.86. The molecule has 0 saturated carbocycles. The quantitative estimate of drug-likeness (QED) is 0.632. The van der Waals surface area contributed by atoms with E-state index in [9.17, 15) is 5.11 Å². The molecule has 2 atom stereocenters. The molecule has 0 saturated heterocycles. The van der Waals surface area contributed by atoms with Crippen molar-refractivity contribution in [1.29, 1.82) is 0 Å². The SMILES string of the molecule is CCCC(C)NCC(O)C(CC)CC. The Bertz CT molecular complexity index is 123. The Balaban J connectivity index is 3.65. The standard InChI is InChI=1S/C12H27NO/c1-5-8-10(4)13-9-12(14)11(6-2)7-3/h10-14H,5-9H2,1-4H3. The monoisotopic (exact) mass is 201 g/mol. The largest absolute Gasteiger partial charge is 0.392 e. The Morgan fingerprint density at radius 1 is 1.14 bits per heavy atom. The van der Waals surface area contributed by atoms with Gasteiger partial charge in [-0.05, 0) is 19.3 Å². The lowest BCUT2D eigenvalue weighted by Crippen LogP contribution is -2.37. The smallest absolute Gasteiger partial charge is 0.0692 e. The molecule has 0 aromatic rings. The van der Waals surface area contributed by atoms with Gasteiger partial charge in [0.2, 0.25) is 0 Å². The van der Waals surface area contributed by atoms with Gasteiger partial charge in [0.25, 0.3) is 0 Å². The molecule has 0 spiro atoms. The van der Waals surface area contributed by atoms with E-state index in [1.54, 1.807) is 0 Å². The first-order chi connectivity index (χ1) is 6.65. The number of rotatable bonds is 8. The van der Waals surface area contributed by atoms with Crippen LogP contribution >= 0.6 is 0 Å². The van der Waals surface area contributed by atoms with Crippen LogP contribution in [-0.4, -0.2) is 23.8 Å². The van der Waals surface area contributed by atoms with Gasteiger partial charge in [-0.1, -0.05) is 40.0 Å². The van der Waals surface area contributed by atoms with Gasteiger partial charge in [0, 0.05) is 12.6 Å². The van der Waals surface area contributed by atoms with E-state index in [1.807, 2.05) is 0 Å². The maximum Gasteiger partial charge on any atom is 0.0692 e. The Hall–Kier alpha value is -0.0800. The van der Waals surface area contributed by atoms with Gasteiger partial charge in [0.15, 0.2) is 0 Å². The maximum atomic E-state index is 9.86. The zero-order valence-electron chi connectivity index (χ0n) is 10.2. The molecule has 86 valence electrons. The summed E-state index contributed by atoms with van der Waals surface area (Å²) in [4.78, 5) is 0. The van der Waals surface area contributed by atoms with Crippen molar-refractivity contribution in [3.8, 4) is 0 Å². The second-order valence-corrected chi connectivity index (χ2v) is 4.24. The van der Waals surface area contributed by atoms with Crippen LogP contribution in [0, 0.1) is 5.92 Å². The summed E-state index contributed by atoms with van der Waals surface area (Å²) in [5.41, 5.74) is 0. The molecular formula is C12H27NO. The summed E-state index contributed by atoms with van der Waals surface area (Å²) < 4.78 is 0. The summed E-state index contributed by atoms with van der Waals surface area (Å²) in [5.74, 6) is 0.455. The highest BCUT2D eigenvalue weighted by Crippen LogP contribution is 2.12. The Morgan fingerprint density at radius 2 is 1.71 bits per heavy atom. The van der Waals surface area contributed by atoms with E-state index >= 15 is 0 Å². The lowest BCUT2D eigenvalue weighted by Gasteiger charge is -2.22. The van der Waals surface area contributed by atoms with Crippen LogP contribution in [0.5, 0.6) is 0 Å². The zero-order valence-corrected chi connectivity index (χ0v) is 10.2. The van der Waals surface area contributed by atoms with Crippen LogP contribution in [0.3, 0.4) is 0 Å². The van der Waals surface area contributed by atoms with Gasteiger partial charge < -0.3 is 10.4 Å². The van der Waals surface area contributed by atoms with E-state index in [1.165, 1.54) is 12.8 Å². The zero-order chi connectivity index (χ0) is 11.0. The number of aliphatic hydroxyl groups excluding tert-OH is 1. The summed E-state index contributed by atoms with van der Waals surface area (Å²) >= 11 is 0. The van der Waals surface area contributed by atoms with E-state index in [-0.39, 0.29) is 6.10 Å². The van der Waals surface area contributed by atoms with Crippen LogP contribution in [0.15, 0.2) is 0 Å². The third kappa shape index (κ3) is 5.61. The molecular weight excluding hydrogens is 174 g/mol. The number of nitrogens with one attached hydrogen (secondary N) is 1. The number of aliphatic hydroxyl groups is 1. The Morgan fingerprint density at radius 3 is 2.14 bits per heavy atom. The van der Waals surface area contributed by atoms with Crippen LogP contribution in [0.1, 0.15) is 53.4 Å². The number of hydrogen-bond donors (Lipinski definition) is 2. The molecule has 0 amide bonds. The second kappa shape index (κ2) is 8.25. The van der Waals surface area contributed by atoms with Crippen LogP contribution in [-0.2, 0) is 0 Å². The Kier molecular flexibility index (Phi) is 8.20. The Labute approximate surface area is 89.1 Å². The van der Waals surface area contributed by atoms with Crippen molar-refractivity contribution in [2.24, 2.45) is 5.92 Å². The molecule has 2 N–H and O–H groups in total. The summed E-state index contributed by atoms with van der Waals surface area (Å²) in [5, 5.41) is 13.2. The molecule has 2 heteroatoms. The molecule has 0 fully saturated rings. The molecule has 0 aliphatic carbocycles. The summed E-state index contributed by atoms with van der Waals surface area (Å²) in [6, 6.07) is 0.531. The van der Waals surface area contributed by atoms with E-state index < -0.39 is 0 Å². The highest BCUT2D eigenvalue weighted by molar-refractivity contribution is 4.71. The summed E-state index contributed by atoms with van der Waals surface area (Å²) in [7, 11) is 0. The topological polar surface area (TPSA) is 32.3 Å². The van der Waals surface area contributed by atoms with Crippen LogP contribution in [0.25, 0.3) is 0 Å². The van der Waals surface area contributed by atoms with Gasteiger partial charge >= 0.3 is 0 Å². The molecule has 0 radical (unpaired) electrons. The molecule has 0 aliphatic rings. The highest BCUT2D eigenvalue weighted by Gasteiger charge is 2.15. The highest BCUT2D eigenvalue weighted by atomic mass is 16.3. The van der Waals surface area contributed by atoms with Gasteiger partial charge in [-0.2, -0.15) is 0 Å². The molecule has 0 heterocycles. The minimum Gasteiger partial charge on any atom is -0.392 e. The van der Waals surface area contributed by atoms with Gasteiger partial charge in [0.05, 0.1) is 6.10 Å². The molecule has 2 nitrogen and oxygen atoms in total. The fourth-order valence-electron chi connectivity index (χ4n) is 1.86. The molecule has 0 rings (SSSR count). The van der Waals surface area contributed by atoms with E-state index in [0.29, 0.717) is 12.0 Å². The molecule has 0 aromatic heterocycles. The van der Waals surface area contributed by atoms with Crippen LogP contribution in [0.4, 0.5) is 0 Å². The van der Waals surface area contributed by atoms with Crippen molar-refractivity contribution in [2.75, 3.05) is 6.54 Å². The predicted octanol–water partition coefficient (Wildman–Crippen LogP) is 2.56. The van der Waals surface area contributed by atoms with Crippen molar-refractivity contribution < 1.29 is 5.11 Å². The van der Waals surface area contributed by atoms with Crippen molar-refractivity contribution >= 4 is 0 Å². The van der Waals surface area contributed by atoms with E-state index in [4.69, 9.17) is 0 Å².